The zero-order valence-electron chi connectivity index (χ0n) is 17.8. The molecule has 1 aromatic carbocycles. The van der Waals surface area contributed by atoms with Crippen molar-refractivity contribution in [2.75, 3.05) is 12.4 Å². The first kappa shape index (κ1) is 21.6. The zero-order valence-corrected chi connectivity index (χ0v) is 17.8. The Morgan fingerprint density at radius 3 is 2.75 bits per heavy atom. The van der Waals surface area contributed by atoms with Crippen molar-refractivity contribution in [3.8, 4) is 0 Å². The Bertz CT molecular complexity index is 784. The summed E-state index contributed by atoms with van der Waals surface area (Å²) in [6.07, 6.45) is 10.8. The molecule has 1 aliphatic rings. The number of ether oxygens (including phenoxy) is 1. The predicted octanol–water partition coefficient (Wildman–Crippen LogP) is 4.98. The van der Waals surface area contributed by atoms with Crippen LogP contribution in [0.15, 0.2) is 54.4 Å². The molecule has 2 rings (SSSR count). The van der Waals surface area contributed by atoms with E-state index >= 15 is 0 Å². The van der Waals surface area contributed by atoms with Crippen molar-refractivity contribution in [1.82, 2.24) is 10.6 Å². The Hall–Kier alpha value is -2.69. The topological polar surface area (TPSA) is 62.4 Å². The fourth-order valence-corrected chi connectivity index (χ4v) is 2.96. The molecule has 28 heavy (non-hydrogen) atoms. The lowest BCUT2D eigenvalue weighted by Crippen LogP contribution is -2.32. The van der Waals surface area contributed by atoms with Crippen LogP contribution in [0.1, 0.15) is 52.2 Å². The molecule has 0 spiro atoms. The van der Waals surface area contributed by atoms with Gasteiger partial charge >= 0.3 is 6.09 Å². The van der Waals surface area contributed by atoms with Gasteiger partial charge in [-0.05, 0) is 73.7 Å². The second-order valence-electron chi connectivity index (χ2n) is 8.63. The normalized spacial score (nSPS) is 19.1. The number of amides is 1. The maximum Gasteiger partial charge on any atom is 0.407 e. The van der Waals surface area contributed by atoms with Crippen LogP contribution in [-0.4, -0.2) is 18.7 Å². The van der Waals surface area contributed by atoms with Crippen LogP contribution in [0, 0.1) is 0 Å². The Balaban J connectivity index is 2.20. The minimum atomic E-state index is -0.502. The molecular weight excluding hydrogens is 350 g/mol. The van der Waals surface area contributed by atoms with Gasteiger partial charge < -0.3 is 20.7 Å². The summed E-state index contributed by atoms with van der Waals surface area (Å²) in [7, 11) is 1.89. The third-order valence-corrected chi connectivity index (χ3v) is 4.45. The number of carbonyl (C=O) groups excluding carboxylic acids is 1. The molecule has 0 fully saturated rings. The lowest BCUT2D eigenvalue weighted by Gasteiger charge is -2.27. The van der Waals surface area contributed by atoms with Gasteiger partial charge in [0.2, 0.25) is 0 Å². The second kappa shape index (κ2) is 9.00. The van der Waals surface area contributed by atoms with Gasteiger partial charge in [0.05, 0.1) is 0 Å². The van der Waals surface area contributed by atoms with Crippen LogP contribution < -0.4 is 16.0 Å². The number of hydrogen-bond donors (Lipinski definition) is 3. The standard InChI is InChI=1S/C23H33N3O2/c1-22(2,3)28-21(27)26-16-18-7-8-20-19(15-18)23(4,5)12-9-17(10-13-24-6)11-14-25-20/h7-11,13-15,24-25H,12,16H2,1-6H3,(H,26,27)/b13-10+,14-11-,17-9-. The molecule has 0 saturated heterocycles. The monoisotopic (exact) mass is 383 g/mol. The summed E-state index contributed by atoms with van der Waals surface area (Å²) in [4.78, 5) is 11.9. The number of nitrogens with one attached hydrogen (secondary N) is 3. The molecule has 0 aliphatic carbocycles. The largest absolute Gasteiger partial charge is 0.444 e. The van der Waals surface area contributed by atoms with E-state index in [9.17, 15) is 4.79 Å². The summed E-state index contributed by atoms with van der Waals surface area (Å²) in [6.45, 7) is 10.5. The fraction of sp³-hybridized carbons (Fsp3) is 0.435. The number of carbonyl (C=O) groups is 1. The smallest absolute Gasteiger partial charge is 0.407 e. The maximum atomic E-state index is 11.9. The van der Waals surface area contributed by atoms with Crippen LogP contribution in [0.25, 0.3) is 0 Å². The molecule has 0 aromatic heterocycles. The van der Waals surface area contributed by atoms with Crippen molar-refractivity contribution in [3.05, 3.63) is 65.5 Å². The van der Waals surface area contributed by atoms with Gasteiger partial charge in [-0.2, -0.15) is 0 Å². The molecular formula is C23H33N3O2. The first-order chi connectivity index (χ1) is 13.1. The maximum absolute atomic E-state index is 11.9. The highest BCUT2D eigenvalue weighted by Crippen LogP contribution is 2.35. The van der Waals surface area contributed by atoms with Crippen LogP contribution in [-0.2, 0) is 16.7 Å². The summed E-state index contributed by atoms with van der Waals surface area (Å²) in [5.74, 6) is 0. The van der Waals surface area contributed by atoms with Crippen LogP contribution in [0.3, 0.4) is 0 Å². The fourth-order valence-electron chi connectivity index (χ4n) is 2.96. The molecule has 3 N–H and O–H groups in total. The summed E-state index contributed by atoms with van der Waals surface area (Å²) in [5.41, 5.74) is 3.93. The van der Waals surface area contributed by atoms with E-state index in [-0.39, 0.29) is 5.41 Å². The van der Waals surface area contributed by atoms with E-state index in [1.165, 1.54) is 5.56 Å². The molecule has 1 aromatic rings. The molecule has 1 amide bonds. The Morgan fingerprint density at radius 1 is 1.32 bits per heavy atom. The Morgan fingerprint density at radius 2 is 2.07 bits per heavy atom. The number of anilines is 1. The summed E-state index contributed by atoms with van der Waals surface area (Å²) in [6, 6.07) is 6.26. The Kier molecular flexibility index (Phi) is 6.95. The number of hydrogen-bond acceptors (Lipinski definition) is 4. The molecule has 0 unspecified atom stereocenters. The van der Waals surface area contributed by atoms with Crippen molar-refractivity contribution in [3.63, 3.8) is 0 Å². The molecule has 152 valence electrons. The van der Waals surface area contributed by atoms with Gasteiger partial charge in [0.25, 0.3) is 0 Å². The van der Waals surface area contributed by atoms with Gasteiger partial charge in [-0.1, -0.05) is 32.1 Å². The molecule has 5 nitrogen and oxygen atoms in total. The van der Waals surface area contributed by atoms with E-state index in [0.29, 0.717) is 6.54 Å². The van der Waals surface area contributed by atoms with Gasteiger partial charge in [-0.3, -0.25) is 0 Å². The van der Waals surface area contributed by atoms with Crippen LogP contribution >= 0.6 is 0 Å². The van der Waals surface area contributed by atoms with Gasteiger partial charge in [0, 0.05) is 25.5 Å². The minimum Gasteiger partial charge on any atom is -0.444 e. The quantitative estimate of drug-likeness (QED) is 0.686. The predicted molar refractivity (Wildman–Crippen MR) is 116 cm³/mol. The number of allylic oxidation sites excluding steroid dienone is 4. The summed E-state index contributed by atoms with van der Waals surface area (Å²) < 4.78 is 5.32. The van der Waals surface area contributed by atoms with E-state index in [4.69, 9.17) is 4.74 Å². The first-order valence-electron chi connectivity index (χ1n) is 9.68. The second-order valence-corrected chi connectivity index (χ2v) is 8.63. The van der Waals surface area contributed by atoms with E-state index < -0.39 is 11.7 Å². The van der Waals surface area contributed by atoms with Crippen LogP contribution in [0.2, 0.25) is 0 Å². The zero-order chi connectivity index (χ0) is 20.8. The molecule has 0 radical (unpaired) electrons. The van der Waals surface area contributed by atoms with E-state index in [1.54, 1.807) is 0 Å². The lowest BCUT2D eigenvalue weighted by molar-refractivity contribution is 0.0523. The van der Waals surface area contributed by atoms with Crippen molar-refractivity contribution >= 4 is 11.8 Å². The lowest BCUT2D eigenvalue weighted by atomic mass is 9.79. The summed E-state index contributed by atoms with van der Waals surface area (Å²) in [5, 5.41) is 9.27. The van der Waals surface area contributed by atoms with Gasteiger partial charge in [0.15, 0.2) is 0 Å². The highest BCUT2D eigenvalue weighted by atomic mass is 16.6. The minimum absolute atomic E-state index is 0.0605. The average Bonchev–Trinajstić information content (AvgIpc) is 2.66. The molecule has 5 heteroatoms. The average molecular weight is 384 g/mol. The highest BCUT2D eigenvalue weighted by Gasteiger charge is 2.24. The Labute approximate surface area is 168 Å². The van der Waals surface area contributed by atoms with Crippen molar-refractivity contribution in [2.45, 2.75) is 58.6 Å². The molecule has 0 atom stereocenters. The number of alkyl carbamates (subject to hydrolysis) is 1. The molecule has 0 bridgehead atoms. The number of fused-ring (bicyclic) bond motifs is 1. The van der Waals surface area contributed by atoms with E-state index in [0.717, 1.165) is 23.2 Å². The van der Waals surface area contributed by atoms with Crippen LogP contribution in [0.4, 0.5) is 10.5 Å². The molecule has 0 saturated carbocycles. The number of rotatable bonds is 4. The summed E-state index contributed by atoms with van der Waals surface area (Å²) >= 11 is 0. The first-order valence-corrected chi connectivity index (χ1v) is 9.68. The van der Waals surface area contributed by atoms with E-state index in [2.05, 4.69) is 60.2 Å². The molecule has 1 heterocycles. The van der Waals surface area contributed by atoms with Gasteiger partial charge in [-0.25, -0.2) is 4.79 Å². The van der Waals surface area contributed by atoms with Crippen molar-refractivity contribution < 1.29 is 9.53 Å². The third-order valence-electron chi connectivity index (χ3n) is 4.45. The highest BCUT2D eigenvalue weighted by molar-refractivity contribution is 5.68. The SMILES string of the molecule is CN/C=C/C1=C/CC(C)(C)c2cc(CNC(=O)OC(C)(C)C)ccc2N/C=C\1. The third kappa shape index (κ3) is 6.48. The van der Waals surface area contributed by atoms with E-state index in [1.807, 2.05) is 46.3 Å². The van der Waals surface area contributed by atoms with Gasteiger partial charge in [0.1, 0.15) is 5.60 Å². The van der Waals surface area contributed by atoms with Crippen LogP contribution in [0.5, 0.6) is 0 Å². The van der Waals surface area contributed by atoms with Gasteiger partial charge in [-0.15, -0.1) is 0 Å². The number of benzene rings is 1. The van der Waals surface area contributed by atoms with Crippen molar-refractivity contribution in [1.29, 1.82) is 0 Å². The van der Waals surface area contributed by atoms with Crippen molar-refractivity contribution in [2.24, 2.45) is 0 Å². The molecule has 1 aliphatic heterocycles.